The summed E-state index contributed by atoms with van der Waals surface area (Å²) in [5, 5.41) is 15.8. The van der Waals surface area contributed by atoms with Crippen LogP contribution in [0.2, 0.25) is 10.0 Å². The highest BCUT2D eigenvalue weighted by molar-refractivity contribution is 6.39. The number of hydrogen-bond donors (Lipinski definition) is 2. The van der Waals surface area contributed by atoms with E-state index < -0.39 is 5.54 Å². The summed E-state index contributed by atoms with van der Waals surface area (Å²) in [7, 11) is 0. The van der Waals surface area contributed by atoms with Crippen LogP contribution >= 0.6 is 23.2 Å². The number of anilines is 1. The highest BCUT2D eigenvalue weighted by Crippen LogP contribution is 2.32. The van der Waals surface area contributed by atoms with Gasteiger partial charge in [0.1, 0.15) is 5.54 Å². The standard InChI is InChI=1S/C15H19Cl2N3O/c1-9(2)15(4,8-18)20-12(21)7-19-14-11(16)6-5-10(3)13(14)17/h5-6,9,19H,7H2,1-4H3,(H,20,21)/t15-/m0/s1. The van der Waals surface area contributed by atoms with Crippen LogP contribution in [0.25, 0.3) is 0 Å². The predicted molar refractivity (Wildman–Crippen MR) is 86.7 cm³/mol. The van der Waals surface area contributed by atoms with Gasteiger partial charge >= 0.3 is 0 Å². The Kier molecular flexibility index (Phi) is 5.88. The first kappa shape index (κ1) is 17.6. The zero-order valence-corrected chi connectivity index (χ0v) is 14.1. The zero-order valence-electron chi connectivity index (χ0n) is 12.6. The van der Waals surface area contributed by atoms with Gasteiger partial charge < -0.3 is 10.6 Å². The van der Waals surface area contributed by atoms with Crippen LogP contribution in [-0.2, 0) is 4.79 Å². The van der Waals surface area contributed by atoms with Gasteiger partial charge in [0.2, 0.25) is 5.91 Å². The van der Waals surface area contributed by atoms with E-state index in [1.54, 1.807) is 19.1 Å². The Balaban J connectivity index is 2.75. The minimum absolute atomic E-state index is 0.00223. The van der Waals surface area contributed by atoms with Crippen molar-refractivity contribution in [2.45, 2.75) is 33.2 Å². The number of amides is 1. The van der Waals surface area contributed by atoms with E-state index >= 15 is 0 Å². The average Bonchev–Trinajstić information content (AvgIpc) is 2.42. The maximum absolute atomic E-state index is 12.0. The number of carbonyl (C=O) groups is 1. The summed E-state index contributed by atoms with van der Waals surface area (Å²) in [4.78, 5) is 12.0. The van der Waals surface area contributed by atoms with Gasteiger partial charge in [-0.15, -0.1) is 0 Å². The van der Waals surface area contributed by atoms with Crippen molar-refractivity contribution in [3.63, 3.8) is 0 Å². The fourth-order valence-electron chi connectivity index (χ4n) is 1.62. The lowest BCUT2D eigenvalue weighted by Gasteiger charge is -2.27. The second kappa shape index (κ2) is 7.02. The SMILES string of the molecule is Cc1ccc(Cl)c(NCC(=O)N[C@@](C)(C#N)C(C)C)c1Cl. The Morgan fingerprint density at radius 3 is 2.57 bits per heavy atom. The second-order valence-corrected chi connectivity index (χ2v) is 6.21. The Morgan fingerprint density at radius 2 is 2.05 bits per heavy atom. The number of aryl methyl sites for hydroxylation is 1. The van der Waals surface area contributed by atoms with Crippen LogP contribution < -0.4 is 10.6 Å². The normalized spacial score (nSPS) is 13.4. The molecule has 0 fully saturated rings. The number of nitrogens with zero attached hydrogens (tertiary/aromatic N) is 1. The van der Waals surface area contributed by atoms with E-state index in [2.05, 4.69) is 16.7 Å². The van der Waals surface area contributed by atoms with Crippen molar-refractivity contribution in [3.8, 4) is 6.07 Å². The fraction of sp³-hybridized carbons (Fsp3) is 0.467. The Morgan fingerprint density at radius 1 is 1.43 bits per heavy atom. The van der Waals surface area contributed by atoms with Gasteiger partial charge in [0, 0.05) is 0 Å². The predicted octanol–water partition coefficient (Wildman–Crippen LogP) is 3.77. The summed E-state index contributed by atoms with van der Waals surface area (Å²) in [6, 6.07) is 5.65. The molecule has 0 aliphatic heterocycles. The topological polar surface area (TPSA) is 64.9 Å². The number of rotatable bonds is 5. The van der Waals surface area contributed by atoms with Crippen LogP contribution in [0.4, 0.5) is 5.69 Å². The molecule has 0 heterocycles. The minimum Gasteiger partial charge on any atom is -0.374 e. The van der Waals surface area contributed by atoms with E-state index in [1.807, 2.05) is 20.8 Å². The van der Waals surface area contributed by atoms with E-state index in [-0.39, 0.29) is 18.4 Å². The zero-order chi connectivity index (χ0) is 16.2. The molecule has 0 unspecified atom stereocenters. The number of benzene rings is 1. The maximum Gasteiger partial charge on any atom is 0.240 e. The molecule has 4 nitrogen and oxygen atoms in total. The van der Waals surface area contributed by atoms with E-state index in [4.69, 9.17) is 23.2 Å². The quantitative estimate of drug-likeness (QED) is 0.865. The average molecular weight is 328 g/mol. The van der Waals surface area contributed by atoms with Crippen LogP contribution in [-0.4, -0.2) is 18.0 Å². The smallest absolute Gasteiger partial charge is 0.240 e. The van der Waals surface area contributed by atoms with Gasteiger partial charge in [-0.05, 0) is 31.4 Å². The van der Waals surface area contributed by atoms with Gasteiger partial charge in [-0.2, -0.15) is 5.26 Å². The van der Waals surface area contributed by atoms with E-state index in [9.17, 15) is 10.1 Å². The molecule has 1 atom stereocenters. The first-order valence-corrected chi connectivity index (χ1v) is 7.37. The third kappa shape index (κ3) is 4.26. The van der Waals surface area contributed by atoms with Crippen molar-refractivity contribution in [2.24, 2.45) is 5.92 Å². The van der Waals surface area contributed by atoms with Crippen molar-refractivity contribution >= 4 is 34.8 Å². The van der Waals surface area contributed by atoms with Crippen molar-refractivity contribution in [3.05, 3.63) is 27.7 Å². The number of halogens is 2. The Hall–Kier alpha value is -1.44. The van der Waals surface area contributed by atoms with Crippen LogP contribution in [0, 0.1) is 24.2 Å². The molecule has 0 spiro atoms. The molecule has 114 valence electrons. The van der Waals surface area contributed by atoms with Crippen molar-refractivity contribution < 1.29 is 4.79 Å². The van der Waals surface area contributed by atoms with Crippen LogP contribution in [0.3, 0.4) is 0 Å². The lowest BCUT2D eigenvalue weighted by atomic mass is 9.90. The summed E-state index contributed by atoms with van der Waals surface area (Å²) in [5.41, 5.74) is 0.489. The summed E-state index contributed by atoms with van der Waals surface area (Å²) >= 11 is 12.2. The van der Waals surface area contributed by atoms with Gasteiger partial charge in [0.25, 0.3) is 0 Å². The molecule has 1 rings (SSSR count). The molecule has 0 aromatic heterocycles. The molecule has 1 aromatic carbocycles. The number of hydrogen-bond acceptors (Lipinski definition) is 3. The fourth-order valence-corrected chi connectivity index (χ4v) is 2.13. The first-order valence-electron chi connectivity index (χ1n) is 6.62. The molecule has 0 saturated heterocycles. The second-order valence-electron chi connectivity index (χ2n) is 5.42. The summed E-state index contributed by atoms with van der Waals surface area (Å²) in [5.74, 6) is -0.293. The third-order valence-corrected chi connectivity index (χ3v) is 4.30. The molecule has 1 aromatic rings. The lowest BCUT2D eigenvalue weighted by molar-refractivity contribution is -0.121. The van der Waals surface area contributed by atoms with Gasteiger partial charge in [-0.25, -0.2) is 0 Å². The van der Waals surface area contributed by atoms with E-state index in [0.717, 1.165) is 5.56 Å². The van der Waals surface area contributed by atoms with E-state index in [1.165, 1.54) is 0 Å². The number of nitrogens with one attached hydrogen (secondary N) is 2. The molecule has 0 saturated carbocycles. The number of carbonyl (C=O) groups excluding carboxylic acids is 1. The van der Waals surface area contributed by atoms with Crippen LogP contribution in [0.5, 0.6) is 0 Å². The molecule has 0 aliphatic rings. The van der Waals surface area contributed by atoms with Crippen molar-refractivity contribution in [2.75, 3.05) is 11.9 Å². The first-order chi connectivity index (χ1) is 9.71. The van der Waals surface area contributed by atoms with E-state index in [0.29, 0.717) is 15.7 Å². The van der Waals surface area contributed by atoms with Gasteiger partial charge in [-0.1, -0.05) is 43.1 Å². The monoisotopic (exact) mass is 327 g/mol. The van der Waals surface area contributed by atoms with Gasteiger partial charge in [0.05, 0.1) is 28.3 Å². The maximum atomic E-state index is 12.0. The molecule has 2 N–H and O–H groups in total. The van der Waals surface area contributed by atoms with Crippen molar-refractivity contribution in [1.29, 1.82) is 5.26 Å². The highest BCUT2D eigenvalue weighted by Gasteiger charge is 2.29. The molecule has 0 radical (unpaired) electrons. The Bertz CT molecular complexity index is 581. The summed E-state index contributed by atoms with van der Waals surface area (Å²) in [6.45, 7) is 7.31. The van der Waals surface area contributed by atoms with Crippen LogP contribution in [0.1, 0.15) is 26.3 Å². The Labute approximate surface area is 135 Å². The third-order valence-electron chi connectivity index (χ3n) is 3.50. The molecular formula is C15H19Cl2N3O. The minimum atomic E-state index is -0.904. The van der Waals surface area contributed by atoms with Crippen molar-refractivity contribution in [1.82, 2.24) is 5.32 Å². The molecule has 1 amide bonds. The summed E-state index contributed by atoms with van der Waals surface area (Å²) < 4.78 is 0. The van der Waals surface area contributed by atoms with Crippen LogP contribution in [0.15, 0.2) is 12.1 Å². The molecule has 0 aliphatic carbocycles. The molecule has 6 heteroatoms. The lowest BCUT2D eigenvalue weighted by Crippen LogP contribution is -2.50. The molecular weight excluding hydrogens is 309 g/mol. The highest BCUT2D eigenvalue weighted by atomic mass is 35.5. The largest absolute Gasteiger partial charge is 0.374 e. The van der Waals surface area contributed by atoms with Gasteiger partial charge in [-0.3, -0.25) is 4.79 Å². The molecule has 21 heavy (non-hydrogen) atoms. The number of nitriles is 1. The molecule has 0 bridgehead atoms. The van der Waals surface area contributed by atoms with Gasteiger partial charge in [0.15, 0.2) is 0 Å². The summed E-state index contributed by atoms with van der Waals surface area (Å²) in [6.07, 6.45) is 0.